The Morgan fingerprint density at radius 2 is 1.62 bits per heavy atom. The van der Waals surface area contributed by atoms with Crippen molar-refractivity contribution in [2.24, 2.45) is 0 Å². The molecule has 1 atom stereocenters. The number of anilines is 2. The summed E-state index contributed by atoms with van der Waals surface area (Å²) in [6.45, 7) is 3.93. The Balaban J connectivity index is 2.09. The van der Waals surface area contributed by atoms with Crippen LogP contribution in [0.1, 0.15) is 23.6 Å². The third-order valence-corrected chi connectivity index (χ3v) is 3.75. The van der Waals surface area contributed by atoms with Gasteiger partial charge in [0.25, 0.3) is 0 Å². The molecule has 21 heavy (non-hydrogen) atoms. The average Bonchev–Trinajstić information content (AvgIpc) is 2.51. The van der Waals surface area contributed by atoms with Gasteiger partial charge in [0, 0.05) is 16.5 Å². The van der Waals surface area contributed by atoms with Gasteiger partial charge < -0.3 is 5.32 Å². The lowest BCUT2D eigenvalue weighted by Crippen LogP contribution is -2.01. The van der Waals surface area contributed by atoms with E-state index in [0.717, 1.165) is 33.5 Å². The summed E-state index contributed by atoms with van der Waals surface area (Å²) in [5.41, 5.74) is 2.93. The molecule has 3 aromatic rings. The molecule has 0 saturated heterocycles. The molecule has 4 heteroatoms. The van der Waals surface area contributed by atoms with Gasteiger partial charge in [0.2, 0.25) is 0 Å². The van der Waals surface area contributed by atoms with Crippen molar-refractivity contribution < 1.29 is 0 Å². The number of nitrogens with zero attached hydrogens (tertiary/aromatic N) is 2. The fourth-order valence-corrected chi connectivity index (χ4v) is 2.61. The maximum Gasteiger partial charge on any atom is 0.160 e. The molecule has 1 unspecified atom stereocenters. The zero-order valence-corrected chi connectivity index (χ0v) is 12.7. The summed E-state index contributed by atoms with van der Waals surface area (Å²) < 4.78 is 0. The smallest absolute Gasteiger partial charge is 0.160 e. The Labute approximate surface area is 129 Å². The maximum absolute atomic E-state index is 6.24. The summed E-state index contributed by atoms with van der Waals surface area (Å²) in [5.74, 6) is 0.751. The van der Waals surface area contributed by atoms with Gasteiger partial charge in [-0.3, -0.25) is 0 Å². The monoisotopic (exact) mass is 297 g/mol. The number of benzene rings is 2. The molecule has 1 N–H and O–H groups in total. The molecule has 0 aliphatic heterocycles. The van der Waals surface area contributed by atoms with Crippen LogP contribution in [-0.4, -0.2) is 10.2 Å². The van der Waals surface area contributed by atoms with E-state index in [4.69, 9.17) is 11.6 Å². The van der Waals surface area contributed by atoms with Crippen molar-refractivity contribution in [1.29, 1.82) is 0 Å². The number of hydrogen-bond acceptors (Lipinski definition) is 3. The highest BCUT2D eigenvalue weighted by Gasteiger charge is 2.11. The summed E-state index contributed by atoms with van der Waals surface area (Å²) in [6.07, 6.45) is 0. The van der Waals surface area contributed by atoms with Gasteiger partial charge in [-0.05, 0) is 25.5 Å². The Morgan fingerprint density at radius 1 is 0.952 bits per heavy atom. The summed E-state index contributed by atoms with van der Waals surface area (Å²) in [5, 5.41) is 14.0. The first kappa shape index (κ1) is 13.8. The Morgan fingerprint density at radius 3 is 2.38 bits per heavy atom. The lowest BCUT2D eigenvalue weighted by Gasteiger charge is -2.14. The third-order valence-electron chi connectivity index (χ3n) is 3.51. The predicted molar refractivity (Wildman–Crippen MR) is 88.3 cm³/mol. The molecule has 0 aliphatic carbocycles. The van der Waals surface area contributed by atoms with E-state index in [1.807, 2.05) is 56.3 Å². The standard InChI is InChI=1S/C17H16ClN3/c1-11(18)13-7-5-6-10-16(13)19-17-15-9-4-3-8-14(15)12(2)20-21-17/h3-11H,1-2H3,(H,19,21). The van der Waals surface area contributed by atoms with E-state index in [1.54, 1.807) is 0 Å². The molecule has 2 aromatic carbocycles. The van der Waals surface area contributed by atoms with Crippen LogP contribution in [0, 0.1) is 6.92 Å². The number of nitrogens with one attached hydrogen (secondary N) is 1. The fraction of sp³-hybridized carbons (Fsp3) is 0.176. The zero-order valence-electron chi connectivity index (χ0n) is 12.0. The van der Waals surface area contributed by atoms with E-state index in [0.29, 0.717) is 0 Å². The van der Waals surface area contributed by atoms with Gasteiger partial charge in [-0.25, -0.2) is 0 Å². The molecule has 106 valence electrons. The Hall–Kier alpha value is -2.13. The number of para-hydroxylation sites is 1. The number of rotatable bonds is 3. The highest BCUT2D eigenvalue weighted by atomic mass is 35.5. The molecule has 3 rings (SSSR count). The topological polar surface area (TPSA) is 37.8 Å². The summed E-state index contributed by atoms with van der Waals surface area (Å²) in [7, 11) is 0. The van der Waals surface area contributed by atoms with Crippen LogP contribution >= 0.6 is 11.6 Å². The number of alkyl halides is 1. The van der Waals surface area contributed by atoms with Crippen LogP contribution in [0.3, 0.4) is 0 Å². The van der Waals surface area contributed by atoms with Crippen LogP contribution in [0.5, 0.6) is 0 Å². The molecule has 1 heterocycles. The van der Waals surface area contributed by atoms with E-state index < -0.39 is 0 Å². The number of hydrogen-bond donors (Lipinski definition) is 1. The van der Waals surface area contributed by atoms with Crippen LogP contribution in [0.4, 0.5) is 11.5 Å². The number of halogens is 1. The number of aryl methyl sites for hydroxylation is 1. The van der Waals surface area contributed by atoms with Crippen molar-refractivity contribution in [3.8, 4) is 0 Å². The molecule has 0 radical (unpaired) electrons. The predicted octanol–water partition coefficient (Wildman–Crippen LogP) is 4.98. The summed E-state index contributed by atoms with van der Waals surface area (Å²) >= 11 is 6.24. The van der Waals surface area contributed by atoms with Crippen molar-refractivity contribution >= 4 is 33.9 Å². The van der Waals surface area contributed by atoms with Crippen molar-refractivity contribution in [2.45, 2.75) is 19.2 Å². The number of fused-ring (bicyclic) bond motifs is 1. The molecule has 0 bridgehead atoms. The maximum atomic E-state index is 6.24. The van der Waals surface area contributed by atoms with Crippen LogP contribution in [0.25, 0.3) is 10.8 Å². The first-order valence-electron chi connectivity index (χ1n) is 6.89. The van der Waals surface area contributed by atoms with Gasteiger partial charge in [0.05, 0.1) is 11.1 Å². The van der Waals surface area contributed by atoms with Crippen LogP contribution in [0.2, 0.25) is 0 Å². The second-order valence-corrected chi connectivity index (χ2v) is 5.66. The molecular weight excluding hydrogens is 282 g/mol. The summed E-state index contributed by atoms with van der Waals surface area (Å²) in [4.78, 5) is 0. The van der Waals surface area contributed by atoms with E-state index in [9.17, 15) is 0 Å². The first-order chi connectivity index (χ1) is 10.2. The van der Waals surface area contributed by atoms with Crippen LogP contribution in [-0.2, 0) is 0 Å². The van der Waals surface area contributed by atoms with E-state index in [-0.39, 0.29) is 5.38 Å². The second kappa shape index (κ2) is 5.70. The molecule has 3 nitrogen and oxygen atoms in total. The molecule has 0 saturated carbocycles. The lowest BCUT2D eigenvalue weighted by molar-refractivity contribution is 1.00. The highest BCUT2D eigenvalue weighted by Crippen LogP contribution is 2.31. The minimum absolute atomic E-state index is 0.0710. The van der Waals surface area contributed by atoms with Gasteiger partial charge in [-0.2, -0.15) is 5.10 Å². The molecule has 0 spiro atoms. The molecule has 0 fully saturated rings. The van der Waals surface area contributed by atoms with Crippen LogP contribution in [0.15, 0.2) is 48.5 Å². The van der Waals surface area contributed by atoms with E-state index in [2.05, 4.69) is 21.6 Å². The fourth-order valence-electron chi connectivity index (χ4n) is 2.42. The Bertz CT molecular complexity index is 784. The van der Waals surface area contributed by atoms with Crippen molar-refractivity contribution in [3.63, 3.8) is 0 Å². The minimum atomic E-state index is -0.0710. The van der Waals surface area contributed by atoms with Gasteiger partial charge in [0.15, 0.2) is 5.82 Å². The normalized spacial score (nSPS) is 12.3. The third kappa shape index (κ3) is 2.69. The highest BCUT2D eigenvalue weighted by molar-refractivity contribution is 6.21. The van der Waals surface area contributed by atoms with Crippen LogP contribution < -0.4 is 5.32 Å². The second-order valence-electron chi connectivity index (χ2n) is 5.01. The van der Waals surface area contributed by atoms with Gasteiger partial charge >= 0.3 is 0 Å². The zero-order chi connectivity index (χ0) is 14.8. The van der Waals surface area contributed by atoms with Gasteiger partial charge in [0.1, 0.15) is 0 Å². The molecule has 0 aliphatic rings. The average molecular weight is 298 g/mol. The lowest BCUT2D eigenvalue weighted by atomic mass is 10.1. The van der Waals surface area contributed by atoms with Crippen molar-refractivity contribution in [1.82, 2.24) is 10.2 Å². The molecular formula is C17H16ClN3. The summed E-state index contributed by atoms with van der Waals surface area (Å²) in [6, 6.07) is 16.1. The van der Waals surface area contributed by atoms with E-state index >= 15 is 0 Å². The molecule has 1 aromatic heterocycles. The quantitative estimate of drug-likeness (QED) is 0.693. The van der Waals surface area contributed by atoms with Crippen molar-refractivity contribution in [2.75, 3.05) is 5.32 Å². The first-order valence-corrected chi connectivity index (χ1v) is 7.32. The minimum Gasteiger partial charge on any atom is -0.338 e. The number of aromatic nitrogens is 2. The van der Waals surface area contributed by atoms with E-state index in [1.165, 1.54) is 0 Å². The largest absolute Gasteiger partial charge is 0.338 e. The molecule has 0 amide bonds. The van der Waals surface area contributed by atoms with Gasteiger partial charge in [-0.15, -0.1) is 16.7 Å². The Kier molecular flexibility index (Phi) is 3.76. The van der Waals surface area contributed by atoms with Crippen molar-refractivity contribution in [3.05, 3.63) is 59.8 Å². The SMILES string of the molecule is Cc1nnc(Nc2ccccc2C(C)Cl)c2ccccc12. The van der Waals surface area contributed by atoms with Gasteiger partial charge in [-0.1, -0.05) is 42.5 Å².